The van der Waals surface area contributed by atoms with E-state index >= 15 is 0 Å². The summed E-state index contributed by atoms with van der Waals surface area (Å²) in [5, 5.41) is 9.75. The summed E-state index contributed by atoms with van der Waals surface area (Å²) in [6.45, 7) is 0. The van der Waals surface area contributed by atoms with E-state index in [2.05, 4.69) is 4.99 Å². The molecule has 0 heterocycles. The van der Waals surface area contributed by atoms with Gasteiger partial charge in [0.05, 0.1) is 23.9 Å². The van der Waals surface area contributed by atoms with Gasteiger partial charge >= 0.3 is 11.9 Å². The fourth-order valence-electron chi connectivity index (χ4n) is 2.50. The van der Waals surface area contributed by atoms with Gasteiger partial charge in [-0.1, -0.05) is 23.7 Å². The van der Waals surface area contributed by atoms with Crippen LogP contribution in [0.4, 0.5) is 5.69 Å². The van der Waals surface area contributed by atoms with Crippen molar-refractivity contribution in [1.29, 1.82) is 0 Å². The zero-order chi connectivity index (χ0) is 20.8. The third-order valence-corrected chi connectivity index (χ3v) is 4.21. The van der Waals surface area contributed by atoms with Gasteiger partial charge in [0.1, 0.15) is 0 Å². The van der Waals surface area contributed by atoms with Crippen LogP contribution in [0.25, 0.3) is 0 Å². The molecule has 3 rings (SSSR count). The van der Waals surface area contributed by atoms with Crippen LogP contribution >= 0.6 is 11.6 Å². The Hall–Kier alpha value is -3.64. The zero-order valence-electron chi connectivity index (χ0n) is 15.3. The molecule has 0 aliphatic carbocycles. The van der Waals surface area contributed by atoms with Crippen LogP contribution in [-0.4, -0.2) is 30.4 Å². The van der Waals surface area contributed by atoms with Crippen molar-refractivity contribution >= 4 is 35.4 Å². The average Bonchev–Trinajstić information content (AvgIpc) is 2.73. The molecule has 0 saturated carbocycles. The van der Waals surface area contributed by atoms with Gasteiger partial charge in [0.2, 0.25) is 0 Å². The average molecular weight is 410 g/mol. The molecule has 0 bridgehead atoms. The third kappa shape index (κ3) is 5.00. The van der Waals surface area contributed by atoms with Crippen LogP contribution in [0.15, 0.2) is 71.7 Å². The molecule has 0 amide bonds. The van der Waals surface area contributed by atoms with Crippen molar-refractivity contribution in [2.24, 2.45) is 4.99 Å². The molecule has 29 heavy (non-hydrogen) atoms. The van der Waals surface area contributed by atoms with E-state index < -0.39 is 11.9 Å². The molecule has 0 spiro atoms. The number of carbonyl (C=O) groups is 2. The van der Waals surface area contributed by atoms with E-state index in [9.17, 15) is 14.7 Å². The summed E-state index contributed by atoms with van der Waals surface area (Å²) in [5.74, 6) is -1.02. The summed E-state index contributed by atoms with van der Waals surface area (Å²) in [4.78, 5) is 27.8. The van der Waals surface area contributed by atoms with E-state index in [0.29, 0.717) is 27.6 Å². The molecule has 0 radical (unpaired) electrons. The molecule has 3 aromatic rings. The summed E-state index contributed by atoms with van der Waals surface area (Å²) in [7, 11) is 1.45. The van der Waals surface area contributed by atoms with E-state index in [0.717, 1.165) is 0 Å². The zero-order valence-corrected chi connectivity index (χ0v) is 16.1. The minimum absolute atomic E-state index is 0.101. The lowest BCUT2D eigenvalue weighted by atomic mass is 10.1. The predicted molar refractivity (Wildman–Crippen MR) is 110 cm³/mol. The number of benzene rings is 3. The number of carboxylic acid groups (broad SMARTS) is 1. The number of esters is 1. The van der Waals surface area contributed by atoms with Crippen molar-refractivity contribution in [2.75, 3.05) is 7.11 Å². The van der Waals surface area contributed by atoms with Gasteiger partial charge < -0.3 is 14.6 Å². The van der Waals surface area contributed by atoms with Gasteiger partial charge in [-0.2, -0.15) is 0 Å². The van der Waals surface area contributed by atoms with Crippen molar-refractivity contribution < 1.29 is 24.2 Å². The van der Waals surface area contributed by atoms with Crippen LogP contribution < -0.4 is 9.47 Å². The van der Waals surface area contributed by atoms with Gasteiger partial charge in [0, 0.05) is 11.2 Å². The molecule has 0 atom stereocenters. The van der Waals surface area contributed by atoms with E-state index in [1.54, 1.807) is 60.7 Å². The van der Waals surface area contributed by atoms with Gasteiger partial charge in [0.15, 0.2) is 11.5 Å². The molecular weight excluding hydrogens is 394 g/mol. The lowest BCUT2D eigenvalue weighted by Gasteiger charge is -2.10. The topological polar surface area (TPSA) is 85.2 Å². The molecule has 0 saturated heterocycles. The highest BCUT2D eigenvalue weighted by Crippen LogP contribution is 2.29. The Bertz CT molecular complexity index is 1080. The maximum Gasteiger partial charge on any atom is 0.343 e. The first-order chi connectivity index (χ1) is 14.0. The van der Waals surface area contributed by atoms with Gasteiger partial charge in [-0.3, -0.25) is 4.99 Å². The number of aliphatic imine (C=N–C) groups is 1. The second-order valence-electron chi connectivity index (χ2n) is 5.89. The lowest BCUT2D eigenvalue weighted by molar-refractivity contribution is 0.0695. The number of halogens is 1. The van der Waals surface area contributed by atoms with Crippen molar-refractivity contribution in [3.8, 4) is 11.5 Å². The third-order valence-electron chi connectivity index (χ3n) is 3.96. The highest BCUT2D eigenvalue weighted by atomic mass is 35.5. The van der Waals surface area contributed by atoms with Crippen LogP contribution in [0.5, 0.6) is 11.5 Å². The number of methoxy groups -OCH3 is 1. The number of ether oxygens (including phenoxy) is 2. The molecule has 0 unspecified atom stereocenters. The normalized spacial score (nSPS) is 10.7. The summed E-state index contributed by atoms with van der Waals surface area (Å²) in [5.41, 5.74) is 1.43. The highest BCUT2D eigenvalue weighted by Gasteiger charge is 2.13. The van der Waals surface area contributed by atoms with E-state index in [-0.39, 0.29) is 11.3 Å². The maximum absolute atomic E-state index is 12.3. The lowest BCUT2D eigenvalue weighted by Crippen LogP contribution is -2.09. The number of aromatic carboxylic acids is 1. The quantitative estimate of drug-likeness (QED) is 0.351. The van der Waals surface area contributed by atoms with Crippen LogP contribution in [0.2, 0.25) is 5.02 Å². The molecule has 7 heteroatoms. The summed E-state index contributed by atoms with van der Waals surface area (Å²) < 4.78 is 10.7. The first-order valence-corrected chi connectivity index (χ1v) is 8.88. The van der Waals surface area contributed by atoms with Crippen molar-refractivity contribution in [3.05, 3.63) is 88.4 Å². The molecule has 0 aliphatic heterocycles. The fraction of sp³-hybridized carbons (Fsp3) is 0.0455. The minimum atomic E-state index is -1.06. The molecule has 1 N–H and O–H groups in total. The number of hydrogen-bond acceptors (Lipinski definition) is 5. The van der Waals surface area contributed by atoms with Gasteiger partial charge in [-0.05, 0) is 60.2 Å². The predicted octanol–water partition coefficient (Wildman–Crippen LogP) is 5.02. The van der Waals surface area contributed by atoms with Crippen molar-refractivity contribution in [2.45, 2.75) is 0 Å². The number of nitrogens with zero attached hydrogens (tertiary/aromatic N) is 1. The first-order valence-electron chi connectivity index (χ1n) is 8.50. The largest absolute Gasteiger partial charge is 0.493 e. The Morgan fingerprint density at radius 2 is 1.72 bits per heavy atom. The SMILES string of the molecule is COc1cc(C=Nc2ccccc2C(=O)O)ccc1OC(=O)c1ccc(Cl)cc1. The second kappa shape index (κ2) is 9.03. The Labute approximate surface area is 172 Å². The number of para-hydroxylation sites is 1. The fourth-order valence-corrected chi connectivity index (χ4v) is 2.63. The monoisotopic (exact) mass is 409 g/mol. The second-order valence-corrected chi connectivity index (χ2v) is 6.32. The number of carboxylic acids is 1. The van der Waals surface area contributed by atoms with Gasteiger partial charge in [0.25, 0.3) is 0 Å². The molecular formula is C22H16ClNO5. The molecule has 0 aromatic heterocycles. The van der Waals surface area contributed by atoms with Crippen LogP contribution in [0.3, 0.4) is 0 Å². The molecule has 3 aromatic carbocycles. The van der Waals surface area contributed by atoms with E-state index in [4.69, 9.17) is 21.1 Å². The van der Waals surface area contributed by atoms with Crippen LogP contribution in [-0.2, 0) is 0 Å². The Balaban J connectivity index is 1.81. The first kappa shape index (κ1) is 20.1. The standard InChI is InChI=1S/C22H16ClNO5/c1-28-20-12-14(13-24-18-5-3-2-4-17(18)21(25)26)6-11-19(20)29-22(27)15-7-9-16(23)10-8-15/h2-13H,1H3,(H,25,26). The Morgan fingerprint density at radius 3 is 2.41 bits per heavy atom. The number of rotatable bonds is 6. The van der Waals surface area contributed by atoms with Crippen LogP contribution in [0.1, 0.15) is 26.3 Å². The number of carbonyl (C=O) groups excluding carboxylic acids is 1. The summed E-state index contributed by atoms with van der Waals surface area (Å²) >= 11 is 5.83. The van der Waals surface area contributed by atoms with Crippen molar-refractivity contribution in [1.82, 2.24) is 0 Å². The molecule has 0 fully saturated rings. The summed E-state index contributed by atoms with van der Waals surface area (Å²) in [6.07, 6.45) is 1.51. The molecule has 6 nitrogen and oxygen atoms in total. The number of hydrogen-bond donors (Lipinski definition) is 1. The van der Waals surface area contributed by atoms with Crippen LogP contribution in [0, 0.1) is 0 Å². The molecule has 0 aliphatic rings. The maximum atomic E-state index is 12.3. The molecule has 146 valence electrons. The van der Waals surface area contributed by atoms with E-state index in [1.165, 1.54) is 19.4 Å². The van der Waals surface area contributed by atoms with Crippen molar-refractivity contribution in [3.63, 3.8) is 0 Å². The highest BCUT2D eigenvalue weighted by molar-refractivity contribution is 6.30. The Kier molecular flexibility index (Phi) is 6.26. The smallest absolute Gasteiger partial charge is 0.343 e. The van der Waals surface area contributed by atoms with Gasteiger partial charge in [-0.15, -0.1) is 0 Å². The van der Waals surface area contributed by atoms with E-state index in [1.807, 2.05) is 0 Å². The Morgan fingerprint density at radius 1 is 1.00 bits per heavy atom. The van der Waals surface area contributed by atoms with Gasteiger partial charge in [-0.25, -0.2) is 9.59 Å². The minimum Gasteiger partial charge on any atom is -0.493 e. The summed E-state index contributed by atoms with van der Waals surface area (Å²) in [6, 6.07) is 17.7.